The number of amides is 3. The molecule has 1 unspecified atom stereocenters. The molecule has 1 heterocycles. The van der Waals surface area contributed by atoms with Crippen LogP contribution in [0.5, 0.6) is 11.5 Å². The lowest BCUT2D eigenvalue weighted by Crippen LogP contribution is -2.43. The minimum absolute atomic E-state index is 0.0903. The van der Waals surface area contributed by atoms with Crippen molar-refractivity contribution in [3.8, 4) is 11.5 Å². The van der Waals surface area contributed by atoms with Gasteiger partial charge in [0, 0.05) is 24.2 Å². The van der Waals surface area contributed by atoms with Gasteiger partial charge >= 0.3 is 0 Å². The highest BCUT2D eigenvalue weighted by Crippen LogP contribution is 2.41. The van der Waals surface area contributed by atoms with Crippen LogP contribution in [0.2, 0.25) is 0 Å². The van der Waals surface area contributed by atoms with E-state index >= 15 is 0 Å². The fourth-order valence-electron chi connectivity index (χ4n) is 3.83. The molecule has 1 fully saturated rings. The van der Waals surface area contributed by atoms with E-state index in [1.807, 2.05) is 6.07 Å². The smallest absolute Gasteiger partial charge is 0.255 e. The van der Waals surface area contributed by atoms with E-state index in [9.17, 15) is 14.4 Å². The molecule has 8 heteroatoms. The summed E-state index contributed by atoms with van der Waals surface area (Å²) < 4.78 is 10.5. The number of hydrogen-bond acceptors (Lipinski definition) is 5. The predicted molar refractivity (Wildman–Crippen MR) is 113 cm³/mol. The Labute approximate surface area is 180 Å². The van der Waals surface area contributed by atoms with Gasteiger partial charge in [-0.3, -0.25) is 14.4 Å². The van der Waals surface area contributed by atoms with Crippen molar-refractivity contribution < 1.29 is 23.9 Å². The molecule has 2 aromatic carbocycles. The number of carbonyl (C=O) groups is 3. The third-order valence-corrected chi connectivity index (χ3v) is 5.51. The van der Waals surface area contributed by atoms with E-state index in [1.165, 1.54) is 0 Å². The number of fused-ring (bicyclic) bond motifs is 1. The Hall–Kier alpha value is -3.55. The van der Waals surface area contributed by atoms with Crippen LogP contribution in [0.15, 0.2) is 42.5 Å². The van der Waals surface area contributed by atoms with Crippen LogP contribution in [0.3, 0.4) is 0 Å². The summed E-state index contributed by atoms with van der Waals surface area (Å²) in [6, 6.07) is 11.9. The number of benzene rings is 2. The number of nitrogens with zero attached hydrogens (tertiary/aromatic N) is 1. The molecule has 1 aliphatic heterocycles. The molecule has 3 amide bonds. The first kappa shape index (κ1) is 20.7. The second-order valence-electron chi connectivity index (χ2n) is 7.65. The Morgan fingerprint density at radius 2 is 1.71 bits per heavy atom. The maximum atomic E-state index is 12.9. The van der Waals surface area contributed by atoms with Crippen LogP contribution in [-0.4, -0.2) is 49.4 Å². The molecule has 0 aromatic heterocycles. The topological polar surface area (TPSA) is 97.0 Å². The second-order valence-corrected chi connectivity index (χ2v) is 7.65. The zero-order valence-electron chi connectivity index (χ0n) is 17.5. The van der Waals surface area contributed by atoms with Crippen LogP contribution in [0, 0.1) is 0 Å². The summed E-state index contributed by atoms with van der Waals surface area (Å²) in [5, 5.41) is 5.46. The lowest BCUT2D eigenvalue weighted by Gasteiger charge is -2.24. The van der Waals surface area contributed by atoms with Crippen molar-refractivity contribution in [3.63, 3.8) is 0 Å². The van der Waals surface area contributed by atoms with E-state index in [2.05, 4.69) is 10.6 Å². The van der Waals surface area contributed by atoms with Crippen LogP contribution in [-0.2, 0) is 16.1 Å². The van der Waals surface area contributed by atoms with Gasteiger partial charge in [-0.25, -0.2) is 0 Å². The SMILES string of the molecule is COc1cc(CNC(=O)CNC(=O)C2c3ccccc3C(=O)N2C2CC2)cc(OC)c1. The number of ether oxygens (including phenoxy) is 2. The molecular formula is C23H25N3O5. The zero-order valence-corrected chi connectivity index (χ0v) is 17.5. The molecule has 2 N–H and O–H groups in total. The number of rotatable bonds is 8. The van der Waals surface area contributed by atoms with Crippen molar-refractivity contribution in [2.24, 2.45) is 0 Å². The third kappa shape index (κ3) is 4.33. The van der Waals surface area contributed by atoms with Gasteiger partial charge in [-0.1, -0.05) is 18.2 Å². The first-order chi connectivity index (χ1) is 15.0. The minimum atomic E-state index is -0.688. The fourth-order valence-corrected chi connectivity index (χ4v) is 3.83. The Bertz CT molecular complexity index is 996. The molecule has 0 radical (unpaired) electrons. The van der Waals surface area contributed by atoms with E-state index in [0.717, 1.165) is 18.4 Å². The molecular weight excluding hydrogens is 398 g/mol. The van der Waals surface area contributed by atoms with Crippen molar-refractivity contribution in [1.82, 2.24) is 15.5 Å². The van der Waals surface area contributed by atoms with E-state index < -0.39 is 6.04 Å². The quantitative estimate of drug-likeness (QED) is 0.675. The molecule has 8 nitrogen and oxygen atoms in total. The summed E-state index contributed by atoms with van der Waals surface area (Å²) in [7, 11) is 3.12. The average molecular weight is 423 g/mol. The van der Waals surface area contributed by atoms with Crippen LogP contribution in [0.1, 0.15) is 40.4 Å². The van der Waals surface area contributed by atoms with Crippen molar-refractivity contribution in [3.05, 3.63) is 59.2 Å². The molecule has 4 rings (SSSR count). The fraction of sp³-hybridized carbons (Fsp3) is 0.348. The lowest BCUT2D eigenvalue weighted by molar-refractivity contribution is -0.129. The van der Waals surface area contributed by atoms with Crippen molar-refractivity contribution in [2.75, 3.05) is 20.8 Å². The van der Waals surface area contributed by atoms with Gasteiger partial charge in [0.15, 0.2) is 0 Å². The van der Waals surface area contributed by atoms with E-state index in [0.29, 0.717) is 22.6 Å². The molecule has 0 saturated heterocycles. The van der Waals surface area contributed by atoms with Gasteiger partial charge in [-0.2, -0.15) is 0 Å². The van der Waals surface area contributed by atoms with Gasteiger partial charge in [0.25, 0.3) is 5.91 Å². The van der Waals surface area contributed by atoms with E-state index in [4.69, 9.17) is 9.47 Å². The Morgan fingerprint density at radius 1 is 1.03 bits per heavy atom. The number of nitrogens with one attached hydrogen (secondary N) is 2. The number of methoxy groups -OCH3 is 2. The first-order valence-electron chi connectivity index (χ1n) is 10.2. The molecule has 162 valence electrons. The normalized spacial score (nSPS) is 17.2. The van der Waals surface area contributed by atoms with Gasteiger partial charge in [0.1, 0.15) is 17.5 Å². The molecule has 31 heavy (non-hydrogen) atoms. The van der Waals surface area contributed by atoms with Crippen LogP contribution < -0.4 is 20.1 Å². The monoisotopic (exact) mass is 423 g/mol. The summed E-state index contributed by atoms with van der Waals surface area (Å²) in [5.74, 6) is 0.465. The molecule has 2 aliphatic rings. The van der Waals surface area contributed by atoms with Crippen LogP contribution >= 0.6 is 0 Å². The van der Waals surface area contributed by atoms with E-state index in [-0.39, 0.29) is 36.9 Å². The summed E-state index contributed by atoms with van der Waals surface area (Å²) in [6.45, 7) is 0.0898. The molecule has 0 bridgehead atoms. The summed E-state index contributed by atoms with van der Waals surface area (Å²) in [6.07, 6.45) is 1.79. The molecule has 2 aromatic rings. The van der Waals surface area contributed by atoms with Crippen LogP contribution in [0.25, 0.3) is 0 Å². The van der Waals surface area contributed by atoms with Crippen molar-refractivity contribution >= 4 is 17.7 Å². The average Bonchev–Trinajstić information content (AvgIpc) is 3.59. The standard InChI is InChI=1S/C23H25N3O5/c1-30-16-9-14(10-17(11-16)31-2)12-24-20(27)13-25-22(28)21-18-5-3-4-6-19(18)23(29)26(21)15-7-8-15/h3-6,9-11,15,21H,7-8,12-13H2,1-2H3,(H,24,27)(H,25,28). The van der Waals surface area contributed by atoms with E-state index in [1.54, 1.807) is 55.5 Å². The minimum Gasteiger partial charge on any atom is -0.497 e. The maximum absolute atomic E-state index is 12.9. The Morgan fingerprint density at radius 3 is 2.35 bits per heavy atom. The summed E-state index contributed by atoms with van der Waals surface area (Å²) in [5.41, 5.74) is 2.07. The van der Waals surface area contributed by atoms with Gasteiger partial charge in [0.2, 0.25) is 11.8 Å². The molecule has 1 aliphatic carbocycles. The first-order valence-corrected chi connectivity index (χ1v) is 10.2. The highest BCUT2D eigenvalue weighted by Gasteiger charge is 2.47. The highest BCUT2D eigenvalue weighted by molar-refractivity contribution is 6.05. The van der Waals surface area contributed by atoms with Crippen molar-refractivity contribution in [2.45, 2.75) is 31.5 Å². The second kappa shape index (κ2) is 8.67. The largest absolute Gasteiger partial charge is 0.497 e. The lowest BCUT2D eigenvalue weighted by atomic mass is 10.0. The van der Waals surface area contributed by atoms with Crippen molar-refractivity contribution in [1.29, 1.82) is 0 Å². The molecule has 1 saturated carbocycles. The summed E-state index contributed by atoms with van der Waals surface area (Å²) >= 11 is 0. The predicted octanol–water partition coefficient (Wildman–Crippen LogP) is 1.80. The Kier molecular flexibility index (Phi) is 5.79. The molecule has 0 spiro atoms. The number of carbonyl (C=O) groups excluding carboxylic acids is 3. The Balaban J connectivity index is 1.36. The molecule has 1 atom stereocenters. The number of hydrogen-bond donors (Lipinski definition) is 2. The van der Waals surface area contributed by atoms with Gasteiger partial charge < -0.3 is 25.0 Å². The van der Waals surface area contributed by atoms with Gasteiger partial charge in [0.05, 0.1) is 20.8 Å². The maximum Gasteiger partial charge on any atom is 0.255 e. The van der Waals surface area contributed by atoms with Gasteiger partial charge in [-0.05, 0) is 42.2 Å². The van der Waals surface area contributed by atoms with Gasteiger partial charge in [-0.15, -0.1) is 0 Å². The van der Waals surface area contributed by atoms with Crippen LogP contribution in [0.4, 0.5) is 0 Å². The summed E-state index contributed by atoms with van der Waals surface area (Å²) in [4.78, 5) is 39.6. The highest BCUT2D eigenvalue weighted by atomic mass is 16.5. The zero-order chi connectivity index (χ0) is 22.0. The third-order valence-electron chi connectivity index (χ3n) is 5.51.